The lowest BCUT2D eigenvalue weighted by Crippen LogP contribution is -2.45. The van der Waals surface area contributed by atoms with Crippen LogP contribution in [0.5, 0.6) is 0 Å². The molecule has 4 atom stereocenters. The number of nitrogens with zero attached hydrogens (tertiary/aromatic N) is 1. The van der Waals surface area contributed by atoms with E-state index in [0.29, 0.717) is 0 Å². The summed E-state index contributed by atoms with van der Waals surface area (Å²) in [6.07, 6.45) is 3.30. The van der Waals surface area contributed by atoms with Crippen molar-refractivity contribution >= 4 is 5.91 Å². The third-order valence-electron chi connectivity index (χ3n) is 4.45. The molecule has 0 spiro atoms. The summed E-state index contributed by atoms with van der Waals surface area (Å²) < 4.78 is 0. The maximum absolute atomic E-state index is 11.8. The van der Waals surface area contributed by atoms with Gasteiger partial charge in [-0.3, -0.25) is 4.79 Å². The minimum Gasteiger partial charge on any atom is -0.355 e. The molecule has 1 rings (SSSR count). The third-order valence-corrected chi connectivity index (χ3v) is 4.45. The molecule has 3 N–H and O–H groups in total. The van der Waals surface area contributed by atoms with Crippen LogP contribution >= 0.6 is 0 Å². The topological polar surface area (TPSA) is 58.4 Å². The Bertz CT molecular complexity index is 285. The first kappa shape index (κ1) is 17.4. The Balaban J connectivity index is 2.17. The molecule has 1 fully saturated rings. The van der Waals surface area contributed by atoms with Gasteiger partial charge in [0.15, 0.2) is 0 Å². The molecule has 0 aliphatic carbocycles. The summed E-state index contributed by atoms with van der Waals surface area (Å²) >= 11 is 0. The maximum atomic E-state index is 11.8. The summed E-state index contributed by atoms with van der Waals surface area (Å²) in [5, 5.41) is 2.97. The summed E-state index contributed by atoms with van der Waals surface area (Å²) in [6, 6.07) is -0.366. The third kappa shape index (κ3) is 5.80. The lowest BCUT2D eigenvalue weighted by atomic mass is 9.92. The second kappa shape index (κ2) is 8.63. The van der Waals surface area contributed by atoms with Crippen molar-refractivity contribution in [2.45, 2.75) is 53.0 Å². The monoisotopic (exact) mass is 283 g/mol. The van der Waals surface area contributed by atoms with Gasteiger partial charge in [-0.25, -0.2) is 0 Å². The van der Waals surface area contributed by atoms with Gasteiger partial charge in [0.05, 0.1) is 6.04 Å². The molecule has 0 saturated carbocycles. The Kier molecular flexibility index (Phi) is 7.52. The first-order chi connectivity index (χ1) is 9.43. The van der Waals surface area contributed by atoms with Crippen molar-refractivity contribution in [2.75, 3.05) is 26.2 Å². The second-order valence-corrected chi connectivity index (χ2v) is 6.76. The van der Waals surface area contributed by atoms with E-state index in [1.54, 1.807) is 0 Å². The van der Waals surface area contributed by atoms with E-state index >= 15 is 0 Å². The van der Waals surface area contributed by atoms with Gasteiger partial charge >= 0.3 is 0 Å². The van der Waals surface area contributed by atoms with E-state index in [-0.39, 0.29) is 17.9 Å². The van der Waals surface area contributed by atoms with Gasteiger partial charge in [0.25, 0.3) is 0 Å². The lowest BCUT2D eigenvalue weighted by molar-refractivity contribution is -0.123. The van der Waals surface area contributed by atoms with Crippen LogP contribution in [0.3, 0.4) is 0 Å². The zero-order chi connectivity index (χ0) is 15.1. The minimum atomic E-state index is -0.366. The van der Waals surface area contributed by atoms with Crippen LogP contribution in [0.15, 0.2) is 0 Å². The Morgan fingerprint density at radius 1 is 1.35 bits per heavy atom. The Morgan fingerprint density at radius 3 is 2.50 bits per heavy atom. The van der Waals surface area contributed by atoms with Crippen LogP contribution in [0.1, 0.15) is 47.0 Å². The molecule has 0 aromatic heterocycles. The molecule has 4 unspecified atom stereocenters. The molecular formula is C16H33N3O. The van der Waals surface area contributed by atoms with Crippen molar-refractivity contribution < 1.29 is 4.79 Å². The highest BCUT2D eigenvalue weighted by atomic mass is 16.2. The number of carbonyl (C=O) groups is 1. The summed E-state index contributed by atoms with van der Waals surface area (Å²) in [6.45, 7) is 13.0. The van der Waals surface area contributed by atoms with Crippen molar-refractivity contribution in [3.8, 4) is 0 Å². The molecule has 0 bridgehead atoms. The molecular weight excluding hydrogens is 250 g/mol. The van der Waals surface area contributed by atoms with Gasteiger partial charge in [-0.1, -0.05) is 34.1 Å². The van der Waals surface area contributed by atoms with Gasteiger partial charge in [-0.2, -0.15) is 0 Å². The average Bonchev–Trinajstić information content (AvgIpc) is 2.40. The smallest absolute Gasteiger partial charge is 0.237 e. The SMILES string of the molecule is CCC(C)C(N)C(=O)NCCCN1CC(C)CC(C)C1. The Morgan fingerprint density at radius 2 is 1.95 bits per heavy atom. The van der Waals surface area contributed by atoms with Crippen molar-refractivity contribution in [3.05, 3.63) is 0 Å². The van der Waals surface area contributed by atoms with E-state index in [2.05, 4.69) is 31.0 Å². The zero-order valence-electron chi connectivity index (χ0n) is 13.7. The van der Waals surface area contributed by atoms with Crippen LogP contribution in [-0.2, 0) is 4.79 Å². The highest BCUT2D eigenvalue weighted by Crippen LogP contribution is 2.20. The summed E-state index contributed by atoms with van der Waals surface area (Å²) in [7, 11) is 0. The Labute approximate surface area is 124 Å². The number of amides is 1. The van der Waals surface area contributed by atoms with Crippen LogP contribution in [0, 0.1) is 17.8 Å². The molecule has 4 nitrogen and oxygen atoms in total. The van der Waals surface area contributed by atoms with Crippen molar-refractivity contribution in [1.82, 2.24) is 10.2 Å². The molecule has 4 heteroatoms. The van der Waals surface area contributed by atoms with Crippen molar-refractivity contribution in [3.63, 3.8) is 0 Å². The van der Waals surface area contributed by atoms with Crippen molar-refractivity contribution in [1.29, 1.82) is 0 Å². The number of nitrogens with two attached hydrogens (primary N) is 1. The predicted molar refractivity (Wildman–Crippen MR) is 84.4 cm³/mol. The minimum absolute atomic E-state index is 0.000250. The molecule has 1 aliphatic rings. The van der Waals surface area contributed by atoms with Crippen LogP contribution in [-0.4, -0.2) is 43.0 Å². The molecule has 0 aromatic carbocycles. The van der Waals surface area contributed by atoms with E-state index in [1.807, 2.05) is 6.92 Å². The molecule has 1 saturated heterocycles. The number of piperidine rings is 1. The van der Waals surface area contributed by atoms with Gasteiger partial charge in [-0.15, -0.1) is 0 Å². The summed E-state index contributed by atoms with van der Waals surface area (Å²) in [4.78, 5) is 14.4. The number of rotatable bonds is 7. The second-order valence-electron chi connectivity index (χ2n) is 6.76. The first-order valence-electron chi connectivity index (χ1n) is 8.19. The quantitative estimate of drug-likeness (QED) is 0.701. The Hall–Kier alpha value is -0.610. The van der Waals surface area contributed by atoms with Gasteiger partial charge in [0, 0.05) is 19.6 Å². The number of nitrogens with one attached hydrogen (secondary N) is 1. The van der Waals surface area contributed by atoms with Gasteiger partial charge < -0.3 is 16.0 Å². The average molecular weight is 283 g/mol. The van der Waals surface area contributed by atoms with E-state index in [1.165, 1.54) is 19.5 Å². The molecule has 118 valence electrons. The largest absolute Gasteiger partial charge is 0.355 e. The number of likely N-dealkylation sites (tertiary alicyclic amines) is 1. The van der Waals surface area contributed by atoms with E-state index in [9.17, 15) is 4.79 Å². The van der Waals surface area contributed by atoms with Crippen LogP contribution in [0.2, 0.25) is 0 Å². The molecule has 0 aromatic rings. The van der Waals surface area contributed by atoms with E-state index in [0.717, 1.165) is 37.8 Å². The summed E-state index contributed by atoms with van der Waals surface area (Å²) in [5.41, 5.74) is 5.91. The molecule has 20 heavy (non-hydrogen) atoms. The van der Waals surface area contributed by atoms with Gasteiger partial charge in [0.2, 0.25) is 5.91 Å². The molecule has 1 amide bonds. The lowest BCUT2D eigenvalue weighted by Gasteiger charge is -2.35. The highest BCUT2D eigenvalue weighted by molar-refractivity contribution is 5.81. The number of carbonyl (C=O) groups excluding carboxylic acids is 1. The van der Waals surface area contributed by atoms with E-state index in [4.69, 9.17) is 5.73 Å². The van der Waals surface area contributed by atoms with Crippen LogP contribution < -0.4 is 11.1 Å². The van der Waals surface area contributed by atoms with Gasteiger partial charge in [-0.05, 0) is 37.1 Å². The fraction of sp³-hybridized carbons (Fsp3) is 0.938. The van der Waals surface area contributed by atoms with Gasteiger partial charge in [0.1, 0.15) is 0 Å². The maximum Gasteiger partial charge on any atom is 0.237 e. The fourth-order valence-corrected chi connectivity index (χ4v) is 3.12. The number of hydrogen-bond donors (Lipinski definition) is 2. The molecule has 1 heterocycles. The van der Waals surface area contributed by atoms with Crippen LogP contribution in [0.4, 0.5) is 0 Å². The first-order valence-corrected chi connectivity index (χ1v) is 8.19. The number of hydrogen-bond acceptors (Lipinski definition) is 3. The van der Waals surface area contributed by atoms with Crippen molar-refractivity contribution in [2.24, 2.45) is 23.5 Å². The predicted octanol–water partition coefficient (Wildman–Crippen LogP) is 1.84. The fourth-order valence-electron chi connectivity index (χ4n) is 3.12. The van der Waals surface area contributed by atoms with Crippen LogP contribution in [0.25, 0.3) is 0 Å². The summed E-state index contributed by atoms with van der Waals surface area (Å²) in [5.74, 6) is 1.85. The molecule has 0 radical (unpaired) electrons. The normalized spacial score (nSPS) is 27.1. The zero-order valence-corrected chi connectivity index (χ0v) is 13.7. The standard InChI is InChI=1S/C16H33N3O/c1-5-14(4)15(17)16(20)18-7-6-8-19-10-12(2)9-13(3)11-19/h12-15H,5-11,17H2,1-4H3,(H,18,20). The molecule has 1 aliphatic heterocycles. The highest BCUT2D eigenvalue weighted by Gasteiger charge is 2.21. The van der Waals surface area contributed by atoms with E-state index < -0.39 is 0 Å².